The van der Waals surface area contributed by atoms with E-state index in [4.69, 9.17) is 9.15 Å². The molecule has 2 aromatic rings. The Kier molecular flexibility index (Phi) is 4.34. The molecule has 7 nitrogen and oxygen atoms in total. The molecule has 0 atom stereocenters. The second kappa shape index (κ2) is 6.57. The predicted molar refractivity (Wildman–Crippen MR) is 79.0 cm³/mol. The van der Waals surface area contributed by atoms with Gasteiger partial charge in [-0.2, -0.15) is 0 Å². The first kappa shape index (κ1) is 14.5. The Balaban J connectivity index is 1.63. The summed E-state index contributed by atoms with van der Waals surface area (Å²) in [5.41, 5.74) is 0.864. The number of ether oxygens (including phenoxy) is 1. The SMILES string of the molecule is CN(Cc1nnc(-c2ccccc2)o1)C(=O)N1CCOCC1. The Hall–Kier alpha value is -2.41. The van der Waals surface area contributed by atoms with E-state index in [-0.39, 0.29) is 12.6 Å². The molecule has 1 aliphatic rings. The number of hydrogen-bond donors (Lipinski definition) is 0. The minimum atomic E-state index is -0.0530. The van der Waals surface area contributed by atoms with Crippen LogP contribution in [0.3, 0.4) is 0 Å². The Morgan fingerprint density at radius 3 is 2.68 bits per heavy atom. The fraction of sp³-hybridized carbons (Fsp3) is 0.400. The van der Waals surface area contributed by atoms with E-state index in [9.17, 15) is 4.79 Å². The highest BCUT2D eigenvalue weighted by molar-refractivity contribution is 5.74. The van der Waals surface area contributed by atoms with Crippen molar-refractivity contribution in [1.29, 1.82) is 0 Å². The Bertz CT molecular complexity index is 623. The van der Waals surface area contributed by atoms with Crippen LogP contribution in [-0.4, -0.2) is 59.4 Å². The summed E-state index contributed by atoms with van der Waals surface area (Å²) < 4.78 is 10.9. The Labute approximate surface area is 128 Å². The van der Waals surface area contributed by atoms with E-state index in [1.807, 2.05) is 30.3 Å². The molecule has 2 amide bonds. The lowest BCUT2D eigenvalue weighted by Gasteiger charge is -2.30. The van der Waals surface area contributed by atoms with Crippen molar-refractivity contribution >= 4 is 6.03 Å². The highest BCUT2D eigenvalue weighted by Gasteiger charge is 2.22. The van der Waals surface area contributed by atoms with Crippen molar-refractivity contribution in [1.82, 2.24) is 20.0 Å². The maximum absolute atomic E-state index is 12.3. The molecule has 1 aliphatic heterocycles. The van der Waals surface area contributed by atoms with Gasteiger partial charge in [0.25, 0.3) is 0 Å². The van der Waals surface area contributed by atoms with Crippen LogP contribution < -0.4 is 0 Å². The third-order valence-corrected chi connectivity index (χ3v) is 3.47. The first-order valence-corrected chi connectivity index (χ1v) is 7.19. The standard InChI is InChI=1S/C15H18N4O3/c1-18(15(20)19-7-9-21-10-8-19)11-13-16-17-14(22-13)12-5-3-2-4-6-12/h2-6H,7-11H2,1H3. The lowest BCUT2D eigenvalue weighted by molar-refractivity contribution is 0.0442. The van der Waals surface area contributed by atoms with Gasteiger partial charge in [0.15, 0.2) is 0 Å². The second-order valence-electron chi connectivity index (χ2n) is 5.11. The summed E-state index contributed by atoms with van der Waals surface area (Å²) in [6, 6.07) is 9.50. The molecule has 1 saturated heterocycles. The molecule has 0 spiro atoms. The molecule has 0 saturated carbocycles. The van der Waals surface area contributed by atoms with Gasteiger partial charge in [0.1, 0.15) is 6.54 Å². The van der Waals surface area contributed by atoms with Crippen molar-refractivity contribution in [3.8, 4) is 11.5 Å². The molecule has 0 N–H and O–H groups in total. The lowest BCUT2D eigenvalue weighted by Crippen LogP contribution is -2.46. The summed E-state index contributed by atoms with van der Waals surface area (Å²) in [5.74, 6) is 0.880. The minimum absolute atomic E-state index is 0.0530. The van der Waals surface area contributed by atoms with Crippen LogP contribution in [0.25, 0.3) is 11.5 Å². The van der Waals surface area contributed by atoms with E-state index in [1.165, 1.54) is 0 Å². The van der Waals surface area contributed by atoms with Crippen molar-refractivity contribution in [3.05, 3.63) is 36.2 Å². The number of amides is 2. The van der Waals surface area contributed by atoms with Crippen LogP contribution in [0.15, 0.2) is 34.7 Å². The number of benzene rings is 1. The first-order chi connectivity index (χ1) is 10.7. The van der Waals surface area contributed by atoms with Gasteiger partial charge < -0.3 is 19.0 Å². The van der Waals surface area contributed by atoms with Gasteiger partial charge in [-0.25, -0.2) is 4.79 Å². The third kappa shape index (κ3) is 3.25. The third-order valence-electron chi connectivity index (χ3n) is 3.47. The molecule has 0 bridgehead atoms. The highest BCUT2D eigenvalue weighted by atomic mass is 16.5. The van der Waals surface area contributed by atoms with Gasteiger partial charge in [0, 0.05) is 25.7 Å². The zero-order valence-corrected chi connectivity index (χ0v) is 12.4. The van der Waals surface area contributed by atoms with Crippen molar-refractivity contribution in [3.63, 3.8) is 0 Å². The first-order valence-electron chi connectivity index (χ1n) is 7.19. The van der Waals surface area contributed by atoms with Crippen LogP contribution in [0.4, 0.5) is 4.79 Å². The van der Waals surface area contributed by atoms with E-state index >= 15 is 0 Å². The average Bonchev–Trinajstić information content (AvgIpc) is 3.04. The number of carbonyl (C=O) groups is 1. The van der Waals surface area contributed by atoms with Crippen molar-refractivity contribution in [2.75, 3.05) is 33.4 Å². The summed E-state index contributed by atoms with van der Waals surface area (Å²) in [6.45, 7) is 2.68. The van der Waals surface area contributed by atoms with E-state index in [2.05, 4.69) is 10.2 Å². The number of carbonyl (C=O) groups excluding carboxylic acids is 1. The maximum Gasteiger partial charge on any atom is 0.320 e. The van der Waals surface area contributed by atoms with Crippen molar-refractivity contribution in [2.24, 2.45) is 0 Å². The van der Waals surface area contributed by atoms with Gasteiger partial charge >= 0.3 is 6.03 Å². The van der Waals surface area contributed by atoms with Crippen LogP contribution in [0, 0.1) is 0 Å². The molecule has 1 aromatic carbocycles. The lowest BCUT2D eigenvalue weighted by atomic mass is 10.2. The zero-order chi connectivity index (χ0) is 15.4. The Morgan fingerprint density at radius 1 is 1.23 bits per heavy atom. The van der Waals surface area contributed by atoms with E-state index < -0.39 is 0 Å². The smallest absolute Gasteiger partial charge is 0.320 e. The molecule has 1 fully saturated rings. The highest BCUT2D eigenvalue weighted by Crippen LogP contribution is 2.17. The predicted octanol–water partition coefficient (Wildman–Crippen LogP) is 1.62. The molecule has 1 aromatic heterocycles. The number of nitrogens with zero attached hydrogens (tertiary/aromatic N) is 4. The van der Waals surface area contributed by atoms with Crippen molar-refractivity contribution < 1.29 is 13.9 Å². The fourth-order valence-electron chi connectivity index (χ4n) is 2.28. The number of rotatable bonds is 3. The second-order valence-corrected chi connectivity index (χ2v) is 5.11. The van der Waals surface area contributed by atoms with E-state index in [0.29, 0.717) is 38.1 Å². The van der Waals surface area contributed by atoms with Crippen molar-refractivity contribution in [2.45, 2.75) is 6.54 Å². The van der Waals surface area contributed by atoms with E-state index in [0.717, 1.165) is 5.56 Å². The number of aromatic nitrogens is 2. The topological polar surface area (TPSA) is 71.7 Å². The molecule has 7 heteroatoms. The van der Waals surface area contributed by atoms with Crippen LogP contribution in [0.1, 0.15) is 5.89 Å². The minimum Gasteiger partial charge on any atom is -0.419 e. The van der Waals surface area contributed by atoms with Crippen LogP contribution in [0.5, 0.6) is 0 Å². The van der Waals surface area contributed by atoms with Gasteiger partial charge in [-0.05, 0) is 12.1 Å². The monoisotopic (exact) mass is 302 g/mol. The number of urea groups is 1. The van der Waals surface area contributed by atoms with Crippen LogP contribution in [-0.2, 0) is 11.3 Å². The van der Waals surface area contributed by atoms with Crippen LogP contribution in [0.2, 0.25) is 0 Å². The molecular formula is C15H18N4O3. The summed E-state index contributed by atoms with van der Waals surface area (Å²) in [4.78, 5) is 15.6. The largest absolute Gasteiger partial charge is 0.419 e. The van der Waals surface area contributed by atoms with Gasteiger partial charge in [0.2, 0.25) is 11.8 Å². The average molecular weight is 302 g/mol. The molecule has 116 valence electrons. The maximum atomic E-state index is 12.3. The summed E-state index contributed by atoms with van der Waals surface area (Å²) >= 11 is 0. The fourth-order valence-corrected chi connectivity index (χ4v) is 2.28. The summed E-state index contributed by atoms with van der Waals surface area (Å²) in [6.07, 6.45) is 0. The molecule has 0 radical (unpaired) electrons. The number of hydrogen-bond acceptors (Lipinski definition) is 5. The van der Waals surface area contributed by atoms with Gasteiger partial charge in [-0.15, -0.1) is 10.2 Å². The van der Waals surface area contributed by atoms with Gasteiger partial charge in [-0.1, -0.05) is 18.2 Å². The molecular weight excluding hydrogens is 284 g/mol. The molecule has 0 unspecified atom stereocenters. The zero-order valence-electron chi connectivity index (χ0n) is 12.4. The molecule has 0 aliphatic carbocycles. The number of morpholine rings is 1. The molecule has 2 heterocycles. The molecule has 3 rings (SSSR count). The normalized spacial score (nSPS) is 14.9. The van der Waals surface area contributed by atoms with Crippen LogP contribution >= 0.6 is 0 Å². The van der Waals surface area contributed by atoms with Gasteiger partial charge in [-0.3, -0.25) is 0 Å². The van der Waals surface area contributed by atoms with Gasteiger partial charge in [0.05, 0.1) is 13.2 Å². The summed E-state index contributed by atoms with van der Waals surface area (Å²) in [7, 11) is 1.73. The molecule has 22 heavy (non-hydrogen) atoms. The van der Waals surface area contributed by atoms with E-state index in [1.54, 1.807) is 16.8 Å². The quantitative estimate of drug-likeness (QED) is 0.861. The summed E-state index contributed by atoms with van der Waals surface area (Å²) in [5, 5.41) is 8.03. The Morgan fingerprint density at radius 2 is 1.95 bits per heavy atom.